The minimum atomic E-state index is 0. The van der Waals surface area contributed by atoms with Crippen molar-refractivity contribution in [3.05, 3.63) is 11.6 Å². The van der Waals surface area contributed by atoms with Crippen LogP contribution in [0.1, 0.15) is 57.6 Å². The molecule has 1 atom stereocenters. The van der Waals surface area contributed by atoms with Gasteiger partial charge in [-0.25, -0.2) is 0 Å². The summed E-state index contributed by atoms with van der Waals surface area (Å²) in [6.45, 7) is 6.64. The van der Waals surface area contributed by atoms with E-state index >= 15 is 0 Å². The molecule has 1 aliphatic heterocycles. The van der Waals surface area contributed by atoms with Gasteiger partial charge in [-0.2, -0.15) is 0 Å². The van der Waals surface area contributed by atoms with Gasteiger partial charge in [-0.1, -0.05) is 13.3 Å². The maximum absolute atomic E-state index is 4.36. The second-order valence-electron chi connectivity index (χ2n) is 6.25. The third kappa shape index (κ3) is 3.11. The SMILES string of the molecule is CC(NCc1nnc2n1CCCCC2)C1(C)CC1.Cl. The van der Waals surface area contributed by atoms with Crippen molar-refractivity contribution >= 4 is 12.4 Å². The van der Waals surface area contributed by atoms with Crippen LogP contribution in [0.4, 0.5) is 0 Å². The first-order valence-electron chi connectivity index (χ1n) is 7.33. The van der Waals surface area contributed by atoms with Gasteiger partial charge in [0.15, 0.2) is 0 Å². The summed E-state index contributed by atoms with van der Waals surface area (Å²) < 4.78 is 2.34. The highest BCUT2D eigenvalue weighted by molar-refractivity contribution is 5.85. The number of hydrogen-bond acceptors (Lipinski definition) is 3. The van der Waals surface area contributed by atoms with Crippen LogP contribution >= 0.6 is 12.4 Å². The van der Waals surface area contributed by atoms with Crippen LogP contribution in [0.25, 0.3) is 0 Å². The number of fused-ring (bicyclic) bond motifs is 1. The molecule has 108 valence electrons. The quantitative estimate of drug-likeness (QED) is 0.924. The Bertz CT molecular complexity index is 425. The minimum absolute atomic E-state index is 0. The van der Waals surface area contributed by atoms with E-state index in [0.717, 1.165) is 25.3 Å². The summed E-state index contributed by atoms with van der Waals surface area (Å²) in [7, 11) is 0. The van der Waals surface area contributed by atoms with E-state index in [4.69, 9.17) is 0 Å². The second kappa shape index (κ2) is 5.80. The van der Waals surface area contributed by atoms with E-state index in [9.17, 15) is 0 Å². The largest absolute Gasteiger partial charge is 0.314 e. The van der Waals surface area contributed by atoms with Crippen LogP contribution in [0.15, 0.2) is 0 Å². The predicted molar refractivity (Wildman–Crippen MR) is 78.5 cm³/mol. The Morgan fingerprint density at radius 2 is 2.05 bits per heavy atom. The Kier molecular flexibility index (Phi) is 4.51. The monoisotopic (exact) mass is 284 g/mol. The van der Waals surface area contributed by atoms with E-state index in [-0.39, 0.29) is 12.4 Å². The van der Waals surface area contributed by atoms with E-state index in [1.54, 1.807) is 0 Å². The molecular formula is C14H25ClN4. The van der Waals surface area contributed by atoms with Gasteiger partial charge in [-0.15, -0.1) is 22.6 Å². The van der Waals surface area contributed by atoms with Crippen molar-refractivity contribution in [2.24, 2.45) is 5.41 Å². The number of nitrogens with zero attached hydrogens (tertiary/aromatic N) is 3. The van der Waals surface area contributed by atoms with Gasteiger partial charge in [0.05, 0.1) is 6.54 Å². The summed E-state index contributed by atoms with van der Waals surface area (Å²) in [5, 5.41) is 12.3. The lowest BCUT2D eigenvalue weighted by molar-refractivity contribution is 0.372. The summed E-state index contributed by atoms with van der Waals surface area (Å²) >= 11 is 0. The molecule has 0 spiro atoms. The molecule has 0 saturated heterocycles. The average Bonchev–Trinajstić information content (AvgIpc) is 3.07. The van der Waals surface area contributed by atoms with Gasteiger partial charge in [0.1, 0.15) is 11.6 Å². The molecular weight excluding hydrogens is 260 g/mol. The minimum Gasteiger partial charge on any atom is -0.314 e. The van der Waals surface area contributed by atoms with Gasteiger partial charge in [-0.05, 0) is 38.0 Å². The van der Waals surface area contributed by atoms with E-state index in [0.29, 0.717) is 11.5 Å². The van der Waals surface area contributed by atoms with Gasteiger partial charge in [0.25, 0.3) is 0 Å². The molecule has 0 aromatic carbocycles. The van der Waals surface area contributed by atoms with Crippen LogP contribution in [-0.2, 0) is 19.5 Å². The number of nitrogens with one attached hydrogen (secondary N) is 1. The van der Waals surface area contributed by atoms with Crippen molar-refractivity contribution in [1.29, 1.82) is 0 Å². The van der Waals surface area contributed by atoms with Crippen LogP contribution in [0.3, 0.4) is 0 Å². The van der Waals surface area contributed by atoms with E-state index in [2.05, 4.69) is 33.9 Å². The summed E-state index contributed by atoms with van der Waals surface area (Å²) in [6, 6.07) is 0.580. The molecule has 0 bridgehead atoms. The van der Waals surface area contributed by atoms with Gasteiger partial charge in [0.2, 0.25) is 0 Å². The normalized spacial score (nSPS) is 22.0. The van der Waals surface area contributed by atoms with Gasteiger partial charge in [0, 0.05) is 19.0 Å². The summed E-state index contributed by atoms with van der Waals surface area (Å²) in [4.78, 5) is 0. The zero-order valence-corrected chi connectivity index (χ0v) is 12.8. The van der Waals surface area contributed by atoms with Gasteiger partial charge < -0.3 is 9.88 Å². The molecule has 5 heteroatoms. The zero-order chi connectivity index (χ0) is 12.6. The Hall–Kier alpha value is -0.610. The van der Waals surface area contributed by atoms with Gasteiger partial charge >= 0.3 is 0 Å². The second-order valence-corrected chi connectivity index (χ2v) is 6.25. The van der Waals surface area contributed by atoms with Crippen LogP contribution in [0.2, 0.25) is 0 Å². The zero-order valence-electron chi connectivity index (χ0n) is 12.0. The number of aromatic nitrogens is 3. The molecule has 1 fully saturated rings. The van der Waals surface area contributed by atoms with Crippen LogP contribution in [0.5, 0.6) is 0 Å². The first-order valence-corrected chi connectivity index (χ1v) is 7.33. The first kappa shape index (κ1) is 14.8. The Morgan fingerprint density at radius 1 is 1.26 bits per heavy atom. The summed E-state index contributed by atoms with van der Waals surface area (Å²) in [6.07, 6.45) is 7.68. The van der Waals surface area contributed by atoms with Crippen LogP contribution < -0.4 is 5.32 Å². The highest BCUT2D eigenvalue weighted by atomic mass is 35.5. The first-order chi connectivity index (χ1) is 8.69. The molecule has 1 unspecified atom stereocenters. The third-order valence-electron chi connectivity index (χ3n) is 4.84. The van der Waals surface area contributed by atoms with Crippen molar-refractivity contribution < 1.29 is 0 Å². The predicted octanol–water partition coefficient (Wildman–Crippen LogP) is 2.70. The van der Waals surface area contributed by atoms with Crippen LogP contribution in [0, 0.1) is 5.41 Å². The van der Waals surface area contributed by atoms with Crippen molar-refractivity contribution in [2.45, 2.75) is 71.5 Å². The maximum atomic E-state index is 4.36. The van der Waals surface area contributed by atoms with Gasteiger partial charge in [-0.3, -0.25) is 0 Å². The lowest BCUT2D eigenvalue weighted by Gasteiger charge is -2.20. The Balaban J connectivity index is 0.00000133. The molecule has 19 heavy (non-hydrogen) atoms. The molecule has 3 rings (SSSR count). The molecule has 1 N–H and O–H groups in total. The van der Waals surface area contributed by atoms with Crippen molar-refractivity contribution in [3.8, 4) is 0 Å². The third-order valence-corrected chi connectivity index (χ3v) is 4.84. The van der Waals surface area contributed by atoms with Crippen molar-refractivity contribution in [1.82, 2.24) is 20.1 Å². The highest BCUT2D eigenvalue weighted by Crippen LogP contribution is 2.47. The molecule has 1 saturated carbocycles. The van der Waals surface area contributed by atoms with Crippen molar-refractivity contribution in [2.75, 3.05) is 0 Å². The molecule has 1 aromatic rings. The van der Waals surface area contributed by atoms with E-state index in [1.165, 1.54) is 37.9 Å². The lowest BCUT2D eigenvalue weighted by atomic mass is 10.0. The number of hydrogen-bond donors (Lipinski definition) is 1. The fraction of sp³-hybridized carbons (Fsp3) is 0.857. The molecule has 1 aromatic heterocycles. The van der Waals surface area contributed by atoms with Crippen molar-refractivity contribution in [3.63, 3.8) is 0 Å². The summed E-state index contributed by atoms with van der Waals surface area (Å²) in [5.74, 6) is 2.32. The molecule has 4 nitrogen and oxygen atoms in total. The lowest BCUT2D eigenvalue weighted by Crippen LogP contribution is -2.33. The molecule has 2 heterocycles. The number of aryl methyl sites for hydroxylation is 1. The van der Waals surface area contributed by atoms with Crippen LogP contribution in [-0.4, -0.2) is 20.8 Å². The van der Waals surface area contributed by atoms with E-state index in [1.807, 2.05) is 0 Å². The van der Waals surface area contributed by atoms with E-state index < -0.39 is 0 Å². The molecule has 0 radical (unpaired) electrons. The fourth-order valence-electron chi connectivity index (χ4n) is 2.80. The number of halogens is 1. The number of rotatable bonds is 4. The summed E-state index contributed by atoms with van der Waals surface area (Å²) in [5.41, 5.74) is 0.529. The topological polar surface area (TPSA) is 42.7 Å². The maximum Gasteiger partial charge on any atom is 0.147 e. The Morgan fingerprint density at radius 3 is 2.79 bits per heavy atom. The fourth-order valence-corrected chi connectivity index (χ4v) is 2.80. The molecule has 1 aliphatic carbocycles. The molecule has 2 aliphatic rings. The average molecular weight is 285 g/mol. The Labute approximate surface area is 121 Å². The standard InChI is InChI=1S/C14H24N4.ClH/c1-11(14(2)7-8-14)15-10-13-17-16-12-6-4-3-5-9-18(12)13;/h11,15H,3-10H2,1-2H3;1H. The highest BCUT2D eigenvalue weighted by Gasteiger charge is 2.42. The molecule has 0 amide bonds. The smallest absolute Gasteiger partial charge is 0.147 e.